The van der Waals surface area contributed by atoms with Gasteiger partial charge in [0.25, 0.3) is 0 Å². The Hall–Kier alpha value is -3.13. The number of ether oxygens (including phenoxy) is 1. The summed E-state index contributed by atoms with van der Waals surface area (Å²) >= 11 is 0. The summed E-state index contributed by atoms with van der Waals surface area (Å²) in [5.41, 5.74) is -0.401. The lowest BCUT2D eigenvalue weighted by atomic mass is 9.75. The van der Waals surface area contributed by atoms with Crippen molar-refractivity contribution < 1.29 is 23.5 Å². The van der Waals surface area contributed by atoms with Crippen LogP contribution in [0.25, 0.3) is 0 Å². The van der Waals surface area contributed by atoms with Crippen LogP contribution in [0.1, 0.15) is 30.4 Å². The number of amides is 3. The van der Waals surface area contributed by atoms with E-state index in [1.807, 2.05) is 0 Å². The lowest BCUT2D eigenvalue weighted by Gasteiger charge is -2.31. The maximum Gasteiger partial charge on any atom is 0.241 e. The molecular weight excluding hydrogens is 401 g/mol. The summed E-state index contributed by atoms with van der Waals surface area (Å²) in [4.78, 5) is 46.4. The van der Waals surface area contributed by atoms with Gasteiger partial charge in [0.15, 0.2) is 0 Å². The number of pyridine rings is 1. The van der Waals surface area contributed by atoms with Gasteiger partial charge in [-0.15, -0.1) is 0 Å². The standard InChI is InChI=1S/C23H24FN3O4/c1-26(19-7-9-31-15-19)20(28)11-23(17-5-2-6-18(24)10-17)12-21(29)27(22(23)30)14-16-4-3-8-25-13-16/h2-6,8,10,13,19H,7,9,11-12,14-15H2,1H3. The van der Waals surface area contributed by atoms with E-state index < -0.39 is 23.0 Å². The summed E-state index contributed by atoms with van der Waals surface area (Å²) in [6, 6.07) is 9.04. The first kappa shape index (κ1) is 21.1. The summed E-state index contributed by atoms with van der Waals surface area (Å²) in [5.74, 6) is -1.67. The van der Waals surface area contributed by atoms with Crippen molar-refractivity contribution in [1.29, 1.82) is 0 Å². The van der Waals surface area contributed by atoms with E-state index in [-0.39, 0.29) is 31.3 Å². The van der Waals surface area contributed by atoms with Crippen molar-refractivity contribution in [3.63, 3.8) is 0 Å². The molecule has 4 rings (SSSR count). The predicted molar refractivity (Wildman–Crippen MR) is 109 cm³/mol. The summed E-state index contributed by atoms with van der Waals surface area (Å²) in [6.07, 6.45) is 3.51. The zero-order valence-electron chi connectivity index (χ0n) is 17.3. The van der Waals surface area contributed by atoms with Gasteiger partial charge in [-0.05, 0) is 35.7 Å². The highest BCUT2D eigenvalue weighted by Gasteiger charge is 2.54. The van der Waals surface area contributed by atoms with Gasteiger partial charge in [-0.25, -0.2) is 4.39 Å². The molecule has 162 valence electrons. The number of hydrogen-bond acceptors (Lipinski definition) is 5. The van der Waals surface area contributed by atoms with Crippen LogP contribution in [0, 0.1) is 5.82 Å². The maximum atomic E-state index is 14.1. The number of carbonyl (C=O) groups excluding carboxylic acids is 3. The van der Waals surface area contributed by atoms with Crippen LogP contribution in [-0.2, 0) is 31.1 Å². The molecule has 0 aliphatic carbocycles. The second kappa shape index (κ2) is 8.55. The lowest BCUT2D eigenvalue weighted by molar-refractivity contribution is -0.143. The number of likely N-dealkylation sites (N-methyl/N-ethyl adjacent to an activating group) is 1. The highest BCUT2D eigenvalue weighted by molar-refractivity contribution is 6.10. The van der Waals surface area contributed by atoms with Gasteiger partial charge in [0.2, 0.25) is 17.7 Å². The summed E-state index contributed by atoms with van der Waals surface area (Å²) in [7, 11) is 1.68. The van der Waals surface area contributed by atoms with E-state index >= 15 is 0 Å². The summed E-state index contributed by atoms with van der Waals surface area (Å²) in [5, 5.41) is 0. The second-order valence-corrected chi connectivity index (χ2v) is 8.11. The summed E-state index contributed by atoms with van der Waals surface area (Å²) < 4.78 is 19.4. The van der Waals surface area contributed by atoms with Gasteiger partial charge in [0, 0.05) is 38.9 Å². The van der Waals surface area contributed by atoms with Crippen molar-refractivity contribution >= 4 is 17.7 Å². The van der Waals surface area contributed by atoms with E-state index in [1.165, 1.54) is 18.2 Å². The van der Waals surface area contributed by atoms with Crippen LogP contribution in [0.4, 0.5) is 4.39 Å². The minimum absolute atomic E-state index is 0.0586. The molecule has 2 saturated heterocycles. The number of halogens is 1. The Balaban J connectivity index is 1.67. The smallest absolute Gasteiger partial charge is 0.241 e. The quantitative estimate of drug-likeness (QED) is 0.662. The van der Waals surface area contributed by atoms with Crippen molar-refractivity contribution in [2.24, 2.45) is 0 Å². The molecule has 0 bridgehead atoms. The number of rotatable bonds is 6. The van der Waals surface area contributed by atoms with Crippen LogP contribution in [0.5, 0.6) is 0 Å². The van der Waals surface area contributed by atoms with Crippen LogP contribution in [0.2, 0.25) is 0 Å². The van der Waals surface area contributed by atoms with Crippen LogP contribution in [0.15, 0.2) is 48.8 Å². The first-order chi connectivity index (χ1) is 14.9. The molecule has 7 nitrogen and oxygen atoms in total. The highest BCUT2D eigenvalue weighted by atomic mass is 19.1. The molecule has 2 unspecified atom stereocenters. The number of carbonyl (C=O) groups is 3. The Morgan fingerprint density at radius 3 is 2.84 bits per heavy atom. The van der Waals surface area contributed by atoms with Crippen molar-refractivity contribution in [2.45, 2.75) is 37.3 Å². The van der Waals surface area contributed by atoms with Crippen LogP contribution >= 0.6 is 0 Å². The van der Waals surface area contributed by atoms with Gasteiger partial charge in [0.1, 0.15) is 5.82 Å². The second-order valence-electron chi connectivity index (χ2n) is 8.11. The van der Waals surface area contributed by atoms with Gasteiger partial charge in [0.05, 0.1) is 24.6 Å². The Bertz CT molecular complexity index is 993. The largest absolute Gasteiger partial charge is 0.379 e. The molecule has 0 spiro atoms. The van der Waals surface area contributed by atoms with Crippen molar-refractivity contribution in [3.05, 3.63) is 65.7 Å². The zero-order valence-corrected chi connectivity index (χ0v) is 17.3. The van der Waals surface area contributed by atoms with E-state index in [1.54, 1.807) is 42.5 Å². The normalized spacial score (nSPS) is 23.4. The molecule has 0 N–H and O–H groups in total. The zero-order chi connectivity index (χ0) is 22.0. The lowest BCUT2D eigenvalue weighted by Crippen LogP contribution is -2.45. The molecule has 0 radical (unpaired) electrons. The average Bonchev–Trinajstić information content (AvgIpc) is 3.38. The van der Waals surface area contributed by atoms with Gasteiger partial charge < -0.3 is 9.64 Å². The van der Waals surface area contributed by atoms with E-state index in [9.17, 15) is 18.8 Å². The van der Waals surface area contributed by atoms with Crippen LogP contribution in [-0.4, -0.2) is 58.8 Å². The molecule has 1 aromatic carbocycles. The van der Waals surface area contributed by atoms with Gasteiger partial charge in [-0.1, -0.05) is 18.2 Å². The maximum absolute atomic E-state index is 14.1. The molecule has 3 heterocycles. The molecule has 1 aromatic heterocycles. The average molecular weight is 425 g/mol. The molecule has 8 heteroatoms. The first-order valence-corrected chi connectivity index (χ1v) is 10.2. The minimum Gasteiger partial charge on any atom is -0.379 e. The van der Waals surface area contributed by atoms with Crippen molar-refractivity contribution in [2.75, 3.05) is 20.3 Å². The Morgan fingerprint density at radius 1 is 1.32 bits per heavy atom. The fourth-order valence-corrected chi connectivity index (χ4v) is 4.30. The number of aromatic nitrogens is 1. The third-order valence-corrected chi connectivity index (χ3v) is 6.15. The molecule has 2 aromatic rings. The first-order valence-electron chi connectivity index (χ1n) is 10.2. The van der Waals surface area contributed by atoms with Crippen LogP contribution in [0.3, 0.4) is 0 Å². The number of likely N-dealkylation sites (tertiary alicyclic amines) is 1. The third-order valence-electron chi connectivity index (χ3n) is 6.15. The van der Waals surface area contributed by atoms with E-state index in [0.29, 0.717) is 24.3 Å². The highest BCUT2D eigenvalue weighted by Crippen LogP contribution is 2.41. The predicted octanol–water partition coefficient (Wildman–Crippen LogP) is 2.05. The fourth-order valence-electron chi connectivity index (χ4n) is 4.30. The number of hydrogen-bond donors (Lipinski definition) is 0. The third kappa shape index (κ3) is 4.07. The van der Waals surface area contributed by atoms with E-state index in [4.69, 9.17) is 4.74 Å². The Morgan fingerprint density at radius 2 is 2.16 bits per heavy atom. The molecule has 0 saturated carbocycles. The summed E-state index contributed by atoms with van der Waals surface area (Å²) in [6.45, 7) is 1.08. The van der Waals surface area contributed by atoms with Gasteiger partial charge in [-0.3, -0.25) is 24.3 Å². The number of nitrogens with zero attached hydrogens (tertiary/aromatic N) is 3. The Kier molecular flexibility index (Phi) is 5.82. The molecule has 2 atom stereocenters. The van der Waals surface area contributed by atoms with E-state index in [0.717, 1.165) is 11.3 Å². The van der Waals surface area contributed by atoms with Gasteiger partial charge >= 0.3 is 0 Å². The molecule has 2 aliphatic rings. The Labute approximate surface area is 179 Å². The van der Waals surface area contributed by atoms with E-state index in [2.05, 4.69) is 4.98 Å². The monoisotopic (exact) mass is 425 g/mol. The number of imide groups is 1. The molecule has 2 fully saturated rings. The molecule has 2 aliphatic heterocycles. The van der Waals surface area contributed by atoms with Crippen LogP contribution < -0.4 is 0 Å². The van der Waals surface area contributed by atoms with Crippen molar-refractivity contribution in [3.8, 4) is 0 Å². The molecule has 31 heavy (non-hydrogen) atoms. The number of benzene rings is 1. The fraction of sp³-hybridized carbons (Fsp3) is 0.391. The van der Waals surface area contributed by atoms with Gasteiger partial charge in [-0.2, -0.15) is 0 Å². The molecular formula is C23H24FN3O4. The topological polar surface area (TPSA) is 79.8 Å². The SMILES string of the molecule is CN(C(=O)CC1(c2cccc(F)c2)CC(=O)N(Cc2cccnc2)C1=O)C1CCOC1. The van der Waals surface area contributed by atoms with Crippen molar-refractivity contribution in [1.82, 2.24) is 14.8 Å². The molecule has 3 amide bonds. The minimum atomic E-state index is -1.44.